The van der Waals surface area contributed by atoms with E-state index in [1.165, 1.54) is 0 Å². The molecule has 1 saturated heterocycles. The van der Waals surface area contributed by atoms with Gasteiger partial charge in [-0.25, -0.2) is 0 Å². The van der Waals surface area contributed by atoms with Crippen LogP contribution in [-0.4, -0.2) is 81.7 Å². The molecule has 1 fully saturated rings. The third-order valence-electron chi connectivity index (χ3n) is 5.51. The number of likely N-dealkylation sites (tertiary alicyclic amines) is 1. The van der Waals surface area contributed by atoms with E-state index in [0.29, 0.717) is 31.9 Å². The smallest absolute Gasteiger partial charge is 0.226 e. The molecule has 0 bridgehead atoms. The van der Waals surface area contributed by atoms with E-state index in [-0.39, 0.29) is 17.7 Å². The molecule has 1 N–H and O–H groups in total. The first-order valence-corrected chi connectivity index (χ1v) is 9.79. The average molecular weight is 377 g/mol. The van der Waals surface area contributed by atoms with E-state index >= 15 is 0 Å². The molecule has 0 radical (unpaired) electrons. The van der Waals surface area contributed by atoms with Crippen LogP contribution in [0.5, 0.6) is 0 Å². The number of carbonyl (C=O) groups excluding carboxylic acids is 2. The van der Waals surface area contributed by atoms with E-state index in [0.717, 1.165) is 38.0 Å². The molecule has 3 heterocycles. The lowest BCUT2D eigenvalue weighted by Crippen LogP contribution is -2.43. The van der Waals surface area contributed by atoms with Gasteiger partial charge in [-0.2, -0.15) is 5.10 Å². The highest BCUT2D eigenvalue weighted by Crippen LogP contribution is 2.24. The van der Waals surface area contributed by atoms with Crippen LogP contribution in [0.25, 0.3) is 0 Å². The number of aryl methyl sites for hydroxylation is 1. The number of aromatic nitrogens is 2. The normalized spacial score (nSPS) is 19.7. The summed E-state index contributed by atoms with van der Waals surface area (Å²) in [5.74, 6) is 0.264. The van der Waals surface area contributed by atoms with Gasteiger partial charge < -0.3 is 19.8 Å². The third-order valence-corrected chi connectivity index (χ3v) is 5.51. The molecule has 150 valence electrons. The molecule has 0 unspecified atom stereocenters. The lowest BCUT2D eigenvalue weighted by atomic mass is 9.95. The first kappa shape index (κ1) is 19.8. The molecule has 8 nitrogen and oxygen atoms in total. The minimum Gasteiger partial charge on any atom is -0.385 e. The second-order valence-corrected chi connectivity index (χ2v) is 7.96. The average Bonchev–Trinajstić information content (AvgIpc) is 2.92. The van der Waals surface area contributed by atoms with Crippen molar-refractivity contribution in [3.05, 3.63) is 17.5 Å². The molecule has 2 aliphatic rings. The summed E-state index contributed by atoms with van der Waals surface area (Å²) in [5.41, 5.74) is 1.65. The van der Waals surface area contributed by atoms with Crippen LogP contribution in [0.4, 0.5) is 0 Å². The first-order valence-electron chi connectivity index (χ1n) is 9.79. The lowest BCUT2D eigenvalue weighted by molar-refractivity contribution is -0.140. The Morgan fingerprint density at radius 2 is 1.93 bits per heavy atom. The zero-order chi connectivity index (χ0) is 19.6. The van der Waals surface area contributed by atoms with E-state index < -0.39 is 6.10 Å². The first-order chi connectivity index (χ1) is 12.8. The number of amides is 2. The summed E-state index contributed by atoms with van der Waals surface area (Å²) >= 11 is 0. The van der Waals surface area contributed by atoms with Crippen LogP contribution in [0.1, 0.15) is 43.7 Å². The van der Waals surface area contributed by atoms with Crippen LogP contribution in [0, 0.1) is 5.92 Å². The van der Waals surface area contributed by atoms with E-state index in [9.17, 15) is 14.7 Å². The zero-order valence-corrected chi connectivity index (χ0v) is 16.6. The molecule has 2 amide bonds. The van der Waals surface area contributed by atoms with Gasteiger partial charge in [0.05, 0.1) is 17.9 Å². The highest BCUT2D eigenvalue weighted by Gasteiger charge is 2.31. The van der Waals surface area contributed by atoms with Crippen molar-refractivity contribution in [2.24, 2.45) is 5.92 Å². The summed E-state index contributed by atoms with van der Waals surface area (Å²) in [6.07, 6.45) is 1.71. The minimum atomic E-state index is -0.625. The number of fused-ring (bicyclic) bond motifs is 1. The number of likely N-dealkylation sites (N-methyl/N-ethyl adjacent to an activating group) is 1. The van der Waals surface area contributed by atoms with Gasteiger partial charge in [0.2, 0.25) is 11.8 Å². The predicted molar refractivity (Wildman–Crippen MR) is 101 cm³/mol. The number of rotatable bonds is 4. The maximum Gasteiger partial charge on any atom is 0.226 e. The summed E-state index contributed by atoms with van der Waals surface area (Å²) in [5, 5.41) is 14.9. The minimum absolute atomic E-state index is 0.00567. The Morgan fingerprint density at radius 1 is 1.22 bits per heavy atom. The van der Waals surface area contributed by atoms with Gasteiger partial charge in [-0.15, -0.1) is 0 Å². The fourth-order valence-electron chi connectivity index (χ4n) is 3.97. The second kappa shape index (κ2) is 8.39. The topological polar surface area (TPSA) is 81.9 Å². The molecule has 1 atom stereocenters. The summed E-state index contributed by atoms with van der Waals surface area (Å²) in [6, 6.07) is 1.93. The van der Waals surface area contributed by atoms with Gasteiger partial charge in [-0.1, -0.05) is 0 Å². The van der Waals surface area contributed by atoms with Crippen molar-refractivity contribution in [3.63, 3.8) is 0 Å². The molecule has 1 aromatic heterocycles. The molecule has 0 saturated carbocycles. The summed E-state index contributed by atoms with van der Waals surface area (Å²) in [4.78, 5) is 30.2. The quantitative estimate of drug-likeness (QED) is 0.825. The van der Waals surface area contributed by atoms with Gasteiger partial charge in [0.1, 0.15) is 6.10 Å². The number of aliphatic hydroxyl groups is 1. The predicted octanol–water partition coefficient (Wildman–Crippen LogP) is 0.469. The van der Waals surface area contributed by atoms with Gasteiger partial charge in [-0.3, -0.25) is 14.3 Å². The van der Waals surface area contributed by atoms with Crippen LogP contribution in [0.15, 0.2) is 6.07 Å². The number of nitrogens with zero attached hydrogens (tertiary/aromatic N) is 5. The van der Waals surface area contributed by atoms with E-state index in [4.69, 9.17) is 0 Å². The molecule has 3 rings (SSSR count). The molecule has 27 heavy (non-hydrogen) atoms. The number of hydrogen-bond acceptors (Lipinski definition) is 5. The van der Waals surface area contributed by atoms with Gasteiger partial charge >= 0.3 is 0 Å². The van der Waals surface area contributed by atoms with Crippen molar-refractivity contribution in [2.45, 2.75) is 45.4 Å². The molecule has 2 aliphatic heterocycles. The third kappa shape index (κ3) is 4.68. The Morgan fingerprint density at radius 3 is 2.56 bits per heavy atom. The van der Waals surface area contributed by atoms with Gasteiger partial charge in [0.15, 0.2) is 0 Å². The highest BCUT2D eigenvalue weighted by atomic mass is 16.3. The van der Waals surface area contributed by atoms with Gasteiger partial charge in [-0.05, 0) is 39.4 Å². The van der Waals surface area contributed by atoms with Crippen LogP contribution < -0.4 is 0 Å². The standard InChI is InChI=1S/C19H31N5O3/c1-14(25)22-9-5-15(6-10-22)19(27)23-7-4-8-24-16(12-23)11-17(20-24)18(26)13-21(2)3/h11,15,18,26H,4-10,12-13H2,1-3H3/t18-/m1/s1. The fourth-order valence-corrected chi connectivity index (χ4v) is 3.97. The molecular formula is C19H31N5O3. The number of hydrogen-bond donors (Lipinski definition) is 1. The molecule has 8 heteroatoms. The fraction of sp³-hybridized carbons (Fsp3) is 0.737. The van der Waals surface area contributed by atoms with Crippen molar-refractivity contribution in [3.8, 4) is 0 Å². The Hall–Kier alpha value is -1.93. The zero-order valence-electron chi connectivity index (χ0n) is 16.6. The Kier molecular flexibility index (Phi) is 6.16. The van der Waals surface area contributed by atoms with Crippen LogP contribution in [-0.2, 0) is 22.7 Å². The summed E-state index contributed by atoms with van der Waals surface area (Å²) < 4.78 is 1.93. The summed E-state index contributed by atoms with van der Waals surface area (Å²) in [6.45, 7) is 5.46. The maximum atomic E-state index is 13.0. The van der Waals surface area contributed by atoms with Crippen molar-refractivity contribution >= 4 is 11.8 Å². The van der Waals surface area contributed by atoms with Crippen molar-refractivity contribution in [1.29, 1.82) is 0 Å². The number of piperidine rings is 1. The van der Waals surface area contributed by atoms with Crippen LogP contribution in [0.3, 0.4) is 0 Å². The molecular weight excluding hydrogens is 346 g/mol. The van der Waals surface area contributed by atoms with E-state index in [1.807, 2.05) is 39.5 Å². The molecule has 1 aromatic rings. The highest BCUT2D eigenvalue weighted by molar-refractivity contribution is 5.79. The Bertz CT molecular complexity index is 679. The largest absolute Gasteiger partial charge is 0.385 e. The van der Waals surface area contributed by atoms with Crippen molar-refractivity contribution < 1.29 is 14.7 Å². The lowest BCUT2D eigenvalue weighted by Gasteiger charge is -2.33. The van der Waals surface area contributed by atoms with Crippen LogP contribution in [0.2, 0.25) is 0 Å². The Labute approximate surface area is 160 Å². The van der Waals surface area contributed by atoms with E-state index in [1.54, 1.807) is 6.92 Å². The SMILES string of the molecule is CC(=O)N1CCC(C(=O)N2CCCn3nc([C@H](O)CN(C)C)cc3C2)CC1. The maximum absolute atomic E-state index is 13.0. The molecule has 0 aromatic carbocycles. The monoisotopic (exact) mass is 377 g/mol. The Balaban J connectivity index is 1.65. The van der Waals surface area contributed by atoms with Gasteiger partial charge in [0, 0.05) is 45.6 Å². The second-order valence-electron chi connectivity index (χ2n) is 7.96. The van der Waals surface area contributed by atoms with Crippen LogP contribution >= 0.6 is 0 Å². The number of aliphatic hydroxyl groups excluding tert-OH is 1. The van der Waals surface area contributed by atoms with E-state index in [2.05, 4.69) is 5.10 Å². The molecule has 0 aliphatic carbocycles. The summed E-state index contributed by atoms with van der Waals surface area (Å²) in [7, 11) is 3.84. The number of carbonyl (C=O) groups is 2. The van der Waals surface area contributed by atoms with Gasteiger partial charge in [0.25, 0.3) is 0 Å². The van der Waals surface area contributed by atoms with Crippen molar-refractivity contribution in [1.82, 2.24) is 24.5 Å². The molecule has 0 spiro atoms. The van der Waals surface area contributed by atoms with Crippen molar-refractivity contribution in [2.75, 3.05) is 40.3 Å².